The third-order valence-corrected chi connectivity index (χ3v) is 11.7. The van der Waals surface area contributed by atoms with E-state index in [-0.39, 0.29) is 0 Å². The fourth-order valence-electron chi connectivity index (χ4n) is 5.99. The Labute approximate surface area is 245 Å². The number of hydrogen-bond donors (Lipinski definition) is 0. The Hall–Kier alpha value is -4.30. The van der Waals surface area contributed by atoms with E-state index in [1.807, 2.05) is 36.4 Å². The average Bonchev–Trinajstić information content (AvgIpc) is 3.76. The van der Waals surface area contributed by atoms with Crippen LogP contribution in [0.2, 0.25) is 0 Å². The van der Waals surface area contributed by atoms with Crippen molar-refractivity contribution < 1.29 is 19.2 Å². The minimum Gasteiger partial charge on any atom is -0.285 e. The first kappa shape index (κ1) is 24.5. The summed E-state index contributed by atoms with van der Waals surface area (Å²) in [6.07, 6.45) is 3.70. The maximum absolute atomic E-state index is 12.8. The highest BCUT2D eigenvalue weighted by atomic mass is 32.1. The second kappa shape index (κ2) is 8.60. The summed E-state index contributed by atoms with van der Waals surface area (Å²) in [4.78, 5) is 52.4. The monoisotopic (exact) mass is 586 g/mol. The Morgan fingerprint density at radius 1 is 0.537 bits per heavy atom. The molecule has 3 heterocycles. The number of allylic oxidation sites excluding steroid dienone is 2. The van der Waals surface area contributed by atoms with Crippen molar-refractivity contribution in [3.8, 4) is 0 Å². The molecule has 0 aliphatic heterocycles. The fraction of sp³-hybridized carbons (Fsp3) is 0.0588. The summed E-state index contributed by atoms with van der Waals surface area (Å²) in [5.41, 5.74) is 5.60. The highest BCUT2D eigenvalue weighted by molar-refractivity contribution is 7.33. The van der Waals surface area contributed by atoms with Crippen molar-refractivity contribution in [2.75, 3.05) is 0 Å². The number of aryl methyl sites for hydroxylation is 2. The second-order valence-electron chi connectivity index (χ2n) is 10.3. The molecule has 0 radical (unpaired) electrons. The molecule has 2 aliphatic rings. The molecule has 0 unspecified atom stereocenters. The van der Waals surface area contributed by atoms with E-state index in [0.29, 0.717) is 33.4 Å². The smallest absolute Gasteiger partial charge is 0.234 e. The molecule has 6 aromatic rings. The van der Waals surface area contributed by atoms with E-state index in [2.05, 4.69) is 26.0 Å². The molecule has 41 heavy (non-hydrogen) atoms. The SMILES string of the molecule is Cc1c2cc(/C=C3\C(=O)C(=O)c4ccccc43)sc2c(C)c2c1sc1cc(/C=C3\C(=O)C(=O)c4ccccc43)sc12. The summed E-state index contributed by atoms with van der Waals surface area (Å²) in [6, 6.07) is 18.6. The predicted molar refractivity (Wildman–Crippen MR) is 169 cm³/mol. The first-order valence-corrected chi connectivity index (χ1v) is 15.5. The lowest BCUT2D eigenvalue weighted by Crippen LogP contribution is -2.05. The minimum atomic E-state index is -0.454. The number of rotatable bonds is 2. The standard InChI is InChI=1S/C34H18O4S3/c1-15-23-11-17(12-24-19-7-3-5-9-21(19)28(35)30(24)37)39-32(23)16(2)27-33(15)41-26-14-18(40-34(26)27)13-25-20-8-4-6-10-22(20)29(36)31(25)38/h3-14H,1-2H3/b24-12-,25-13-. The fourth-order valence-corrected chi connectivity index (χ4v) is 9.88. The molecule has 8 rings (SSSR count). The van der Waals surface area contributed by atoms with Gasteiger partial charge in [-0.2, -0.15) is 0 Å². The lowest BCUT2D eigenvalue weighted by molar-refractivity contribution is -0.110. The maximum atomic E-state index is 12.8. The summed E-state index contributed by atoms with van der Waals surface area (Å²) in [5, 5.41) is 2.36. The Morgan fingerprint density at radius 3 is 1.63 bits per heavy atom. The summed E-state index contributed by atoms with van der Waals surface area (Å²) >= 11 is 5.00. The van der Waals surface area contributed by atoms with Crippen LogP contribution in [0.5, 0.6) is 0 Å². The zero-order valence-electron chi connectivity index (χ0n) is 21.8. The van der Waals surface area contributed by atoms with Crippen LogP contribution in [0.4, 0.5) is 0 Å². The van der Waals surface area contributed by atoms with Gasteiger partial charge in [0.25, 0.3) is 0 Å². The molecule has 0 N–H and O–H groups in total. The van der Waals surface area contributed by atoms with Crippen molar-refractivity contribution in [3.63, 3.8) is 0 Å². The third-order valence-electron chi connectivity index (χ3n) is 7.99. The van der Waals surface area contributed by atoms with Crippen LogP contribution in [0.1, 0.15) is 52.7 Å². The zero-order chi connectivity index (χ0) is 28.2. The molecule has 3 aromatic heterocycles. The van der Waals surface area contributed by atoms with Crippen molar-refractivity contribution in [1.29, 1.82) is 0 Å². The molecular formula is C34H18O4S3. The summed E-state index contributed by atoms with van der Waals surface area (Å²) in [5.74, 6) is -1.80. The highest BCUT2D eigenvalue weighted by Gasteiger charge is 2.34. The van der Waals surface area contributed by atoms with Crippen LogP contribution in [0.3, 0.4) is 0 Å². The number of benzene rings is 3. The summed E-state index contributed by atoms with van der Waals surface area (Å²) in [7, 11) is 0. The number of Topliss-reactive ketones (excluding diaryl/α,β-unsaturated/α-hetero) is 4. The first-order chi connectivity index (χ1) is 19.8. The largest absolute Gasteiger partial charge is 0.285 e. The van der Waals surface area contributed by atoms with Gasteiger partial charge in [0.05, 0.1) is 4.70 Å². The molecule has 196 valence electrons. The molecule has 0 spiro atoms. The van der Waals surface area contributed by atoms with E-state index >= 15 is 0 Å². The van der Waals surface area contributed by atoms with Crippen LogP contribution in [0, 0.1) is 13.8 Å². The van der Waals surface area contributed by atoms with Crippen molar-refractivity contribution in [1.82, 2.24) is 0 Å². The normalized spacial score (nSPS) is 16.8. The van der Waals surface area contributed by atoms with E-state index < -0.39 is 23.1 Å². The van der Waals surface area contributed by atoms with E-state index in [4.69, 9.17) is 0 Å². The Bertz CT molecular complexity index is 2300. The molecule has 0 saturated heterocycles. The van der Waals surface area contributed by atoms with Crippen LogP contribution in [-0.4, -0.2) is 23.1 Å². The van der Waals surface area contributed by atoms with Crippen LogP contribution < -0.4 is 0 Å². The Morgan fingerprint density at radius 2 is 1.05 bits per heavy atom. The van der Waals surface area contributed by atoms with E-state index in [1.54, 1.807) is 58.3 Å². The van der Waals surface area contributed by atoms with Crippen LogP contribution in [0.15, 0.2) is 60.7 Å². The quantitative estimate of drug-likeness (QED) is 0.151. The van der Waals surface area contributed by atoms with E-state index in [1.165, 1.54) is 25.9 Å². The molecule has 2 aliphatic carbocycles. The minimum absolute atomic E-state index is 0.444. The van der Waals surface area contributed by atoms with Gasteiger partial charge in [-0.1, -0.05) is 48.5 Å². The van der Waals surface area contributed by atoms with Gasteiger partial charge in [0, 0.05) is 51.5 Å². The van der Waals surface area contributed by atoms with E-state index in [9.17, 15) is 19.2 Å². The first-order valence-electron chi connectivity index (χ1n) is 13.0. The van der Waals surface area contributed by atoms with E-state index in [0.717, 1.165) is 24.5 Å². The number of carbonyl (C=O) groups excluding carboxylic acids is 4. The number of thiophene rings is 3. The summed E-state index contributed by atoms with van der Waals surface area (Å²) < 4.78 is 4.70. The van der Waals surface area contributed by atoms with Crippen molar-refractivity contribution in [2.24, 2.45) is 0 Å². The Balaban J connectivity index is 1.27. The molecule has 0 fully saturated rings. The van der Waals surface area contributed by atoms with Gasteiger partial charge < -0.3 is 0 Å². The predicted octanol–water partition coefficient (Wildman–Crippen LogP) is 8.56. The van der Waals surface area contributed by atoms with Crippen molar-refractivity contribution >= 4 is 110 Å². The number of ketones is 4. The lowest BCUT2D eigenvalue weighted by atomic mass is 10.0. The molecule has 0 saturated carbocycles. The van der Waals surface area contributed by atoms with Gasteiger partial charge in [-0.3, -0.25) is 19.2 Å². The van der Waals surface area contributed by atoms with Crippen LogP contribution >= 0.6 is 34.0 Å². The highest BCUT2D eigenvalue weighted by Crippen LogP contribution is 2.48. The zero-order valence-corrected chi connectivity index (χ0v) is 24.2. The maximum Gasteiger partial charge on any atom is 0.234 e. The second-order valence-corrected chi connectivity index (χ2v) is 13.5. The van der Waals surface area contributed by atoms with Crippen molar-refractivity contribution in [2.45, 2.75) is 13.8 Å². The molecule has 4 nitrogen and oxygen atoms in total. The molecule has 0 bridgehead atoms. The number of fused-ring (bicyclic) bond motifs is 6. The van der Waals surface area contributed by atoms with Crippen LogP contribution in [-0.2, 0) is 9.59 Å². The lowest BCUT2D eigenvalue weighted by Gasteiger charge is -2.04. The molecule has 0 amide bonds. The third kappa shape index (κ3) is 3.37. The molecule has 3 aromatic carbocycles. The number of carbonyl (C=O) groups is 4. The van der Waals surface area contributed by atoms with Gasteiger partial charge in [-0.15, -0.1) is 34.0 Å². The van der Waals surface area contributed by atoms with Crippen LogP contribution in [0.25, 0.3) is 52.9 Å². The molecule has 7 heteroatoms. The summed E-state index contributed by atoms with van der Waals surface area (Å²) in [6.45, 7) is 4.27. The average molecular weight is 587 g/mol. The molecule has 0 atom stereocenters. The van der Waals surface area contributed by atoms with Gasteiger partial charge in [0.1, 0.15) is 0 Å². The van der Waals surface area contributed by atoms with Gasteiger partial charge in [0.2, 0.25) is 23.1 Å². The van der Waals surface area contributed by atoms with Gasteiger partial charge in [-0.05, 0) is 65.8 Å². The van der Waals surface area contributed by atoms with Crippen molar-refractivity contribution in [3.05, 3.63) is 104 Å². The molecular weight excluding hydrogens is 569 g/mol. The topological polar surface area (TPSA) is 68.3 Å². The van der Waals surface area contributed by atoms with Gasteiger partial charge >= 0.3 is 0 Å². The van der Waals surface area contributed by atoms with Gasteiger partial charge in [-0.25, -0.2) is 0 Å². The number of hydrogen-bond acceptors (Lipinski definition) is 7. The van der Waals surface area contributed by atoms with Gasteiger partial charge in [0.15, 0.2) is 0 Å². The Kier molecular flexibility index (Phi) is 5.14.